The fraction of sp³-hybridized carbons (Fsp3) is 0.308. The molecule has 0 aliphatic carbocycles. The molecule has 0 saturated heterocycles. The van der Waals surface area contributed by atoms with Gasteiger partial charge in [0.2, 0.25) is 5.89 Å². The van der Waals surface area contributed by atoms with Crippen LogP contribution in [0.25, 0.3) is 11.0 Å². The van der Waals surface area contributed by atoms with Gasteiger partial charge < -0.3 is 9.09 Å². The van der Waals surface area contributed by atoms with Crippen LogP contribution in [0.5, 0.6) is 0 Å². The highest BCUT2D eigenvalue weighted by molar-refractivity contribution is 6.16. The molecule has 0 saturated carbocycles. The van der Waals surface area contributed by atoms with Crippen molar-refractivity contribution in [1.82, 2.24) is 19.7 Å². The Balaban J connectivity index is 1.99. The van der Waals surface area contributed by atoms with Crippen LogP contribution in [-0.4, -0.2) is 19.7 Å². The third kappa shape index (κ3) is 2.21. The van der Waals surface area contributed by atoms with Crippen LogP contribution >= 0.6 is 11.6 Å². The lowest BCUT2D eigenvalue weighted by Gasteiger charge is -2.05. The van der Waals surface area contributed by atoms with Gasteiger partial charge in [0.1, 0.15) is 5.82 Å². The van der Waals surface area contributed by atoms with Crippen molar-refractivity contribution in [3.8, 4) is 0 Å². The maximum atomic E-state index is 5.98. The lowest BCUT2D eigenvalue weighted by molar-refractivity contribution is 0.371. The van der Waals surface area contributed by atoms with Crippen LogP contribution in [0.1, 0.15) is 17.3 Å². The first-order valence-electron chi connectivity index (χ1n) is 6.06. The van der Waals surface area contributed by atoms with Gasteiger partial charge in [0.15, 0.2) is 6.33 Å². The van der Waals surface area contributed by atoms with Crippen LogP contribution in [-0.2, 0) is 18.8 Å². The van der Waals surface area contributed by atoms with Crippen LogP contribution in [0.3, 0.4) is 0 Å². The minimum Gasteiger partial charge on any atom is -0.340 e. The summed E-state index contributed by atoms with van der Waals surface area (Å²) in [4.78, 5) is 8.62. The van der Waals surface area contributed by atoms with Crippen molar-refractivity contribution >= 4 is 22.6 Å². The van der Waals surface area contributed by atoms with E-state index in [9.17, 15) is 0 Å². The fourth-order valence-corrected chi connectivity index (χ4v) is 2.40. The van der Waals surface area contributed by atoms with Crippen molar-refractivity contribution in [2.45, 2.75) is 25.8 Å². The summed E-state index contributed by atoms with van der Waals surface area (Å²) in [5.74, 6) is 1.87. The summed E-state index contributed by atoms with van der Waals surface area (Å²) in [7, 11) is 0. The third-order valence-electron chi connectivity index (χ3n) is 3.14. The predicted octanol–water partition coefficient (Wildman–Crippen LogP) is 2.71. The average Bonchev–Trinajstić information content (AvgIpc) is 3.03. The van der Waals surface area contributed by atoms with E-state index >= 15 is 0 Å². The van der Waals surface area contributed by atoms with Crippen molar-refractivity contribution in [2.75, 3.05) is 0 Å². The molecule has 2 aromatic heterocycles. The van der Waals surface area contributed by atoms with Gasteiger partial charge in [-0.3, -0.25) is 0 Å². The smallest absolute Gasteiger partial charge is 0.228 e. The molecule has 5 nitrogen and oxygen atoms in total. The quantitative estimate of drug-likeness (QED) is 0.688. The number of aromatic nitrogens is 4. The number of halogens is 1. The largest absolute Gasteiger partial charge is 0.340 e. The Kier molecular flexibility index (Phi) is 3.21. The number of imidazole rings is 1. The van der Waals surface area contributed by atoms with E-state index in [0.29, 0.717) is 18.2 Å². The Bertz CT molecular complexity index is 690. The molecule has 0 spiro atoms. The van der Waals surface area contributed by atoms with Gasteiger partial charge in [-0.2, -0.15) is 4.98 Å². The van der Waals surface area contributed by atoms with Gasteiger partial charge in [-0.25, -0.2) is 4.98 Å². The highest BCUT2D eigenvalue weighted by atomic mass is 35.5. The normalized spacial score (nSPS) is 11.3. The van der Waals surface area contributed by atoms with Gasteiger partial charge in [-0.1, -0.05) is 17.3 Å². The van der Waals surface area contributed by atoms with Crippen LogP contribution in [0.15, 0.2) is 29.0 Å². The van der Waals surface area contributed by atoms with E-state index in [1.165, 1.54) is 6.33 Å². The molecule has 2 heterocycles. The molecule has 6 heteroatoms. The number of alkyl halides is 1. The zero-order valence-electron chi connectivity index (χ0n) is 10.5. The molecule has 3 rings (SSSR count). The summed E-state index contributed by atoms with van der Waals surface area (Å²) in [5, 5.41) is 3.60. The molecule has 0 aliphatic heterocycles. The standard InChI is InChI=1S/C13H13ClN4O/c1-9-3-2-4-10-13(9)17-11(7-14)18(10)6-5-12-15-8-16-19-12/h2-4,8H,5-7H2,1H3. The van der Waals surface area contributed by atoms with Gasteiger partial charge in [-0.05, 0) is 18.6 Å². The van der Waals surface area contributed by atoms with E-state index in [-0.39, 0.29) is 0 Å². The first-order valence-corrected chi connectivity index (χ1v) is 6.59. The third-order valence-corrected chi connectivity index (χ3v) is 3.37. The number of nitrogens with zero attached hydrogens (tertiary/aromatic N) is 4. The summed E-state index contributed by atoms with van der Waals surface area (Å²) in [6.07, 6.45) is 2.08. The SMILES string of the molecule is Cc1cccc2c1nc(CCl)n2CCc1ncno1. The van der Waals surface area contributed by atoms with Gasteiger partial charge >= 0.3 is 0 Å². The number of para-hydroxylation sites is 1. The maximum absolute atomic E-state index is 5.98. The second-order valence-corrected chi connectivity index (χ2v) is 4.61. The van der Waals surface area contributed by atoms with E-state index in [1.54, 1.807) is 0 Å². The van der Waals surface area contributed by atoms with Gasteiger partial charge in [0.25, 0.3) is 0 Å². The van der Waals surface area contributed by atoms with Crippen LogP contribution in [0, 0.1) is 6.92 Å². The Morgan fingerprint density at radius 3 is 3.00 bits per heavy atom. The molecule has 0 N–H and O–H groups in total. The molecule has 98 valence electrons. The molecule has 0 fully saturated rings. The Labute approximate surface area is 115 Å². The number of benzene rings is 1. The number of fused-ring (bicyclic) bond motifs is 1. The Hall–Kier alpha value is -1.88. The maximum Gasteiger partial charge on any atom is 0.228 e. The van der Waals surface area contributed by atoms with E-state index in [4.69, 9.17) is 16.1 Å². The minimum absolute atomic E-state index is 0.387. The van der Waals surface area contributed by atoms with E-state index in [2.05, 4.69) is 38.7 Å². The van der Waals surface area contributed by atoms with Crippen LogP contribution in [0.4, 0.5) is 0 Å². The first kappa shape index (κ1) is 12.2. The topological polar surface area (TPSA) is 56.7 Å². The molecule has 1 aromatic carbocycles. The molecule has 3 aromatic rings. The monoisotopic (exact) mass is 276 g/mol. The molecular weight excluding hydrogens is 264 g/mol. The van der Waals surface area contributed by atoms with Crippen molar-refractivity contribution < 1.29 is 4.52 Å². The molecule has 0 aliphatic rings. The average molecular weight is 277 g/mol. The zero-order valence-corrected chi connectivity index (χ0v) is 11.3. The summed E-state index contributed by atoms with van der Waals surface area (Å²) in [6, 6.07) is 6.13. The van der Waals surface area contributed by atoms with Gasteiger partial charge in [0, 0.05) is 13.0 Å². The summed E-state index contributed by atoms with van der Waals surface area (Å²) in [5.41, 5.74) is 3.25. The first-order chi connectivity index (χ1) is 9.29. The molecule has 0 radical (unpaired) electrons. The molecule has 19 heavy (non-hydrogen) atoms. The highest BCUT2D eigenvalue weighted by Crippen LogP contribution is 2.21. The highest BCUT2D eigenvalue weighted by Gasteiger charge is 2.12. The van der Waals surface area contributed by atoms with Crippen molar-refractivity contribution in [1.29, 1.82) is 0 Å². The summed E-state index contributed by atoms with van der Waals surface area (Å²) < 4.78 is 7.12. The Morgan fingerprint density at radius 1 is 1.37 bits per heavy atom. The second-order valence-electron chi connectivity index (χ2n) is 4.34. The minimum atomic E-state index is 0.387. The van der Waals surface area contributed by atoms with Crippen LogP contribution < -0.4 is 0 Å². The lowest BCUT2D eigenvalue weighted by Crippen LogP contribution is -2.05. The summed E-state index contributed by atoms with van der Waals surface area (Å²) >= 11 is 5.98. The Morgan fingerprint density at radius 2 is 2.26 bits per heavy atom. The second kappa shape index (κ2) is 5.01. The fourth-order valence-electron chi connectivity index (χ4n) is 2.20. The molecular formula is C13H13ClN4O. The van der Waals surface area contributed by atoms with E-state index < -0.39 is 0 Å². The molecule has 0 bridgehead atoms. The van der Waals surface area contributed by atoms with Gasteiger partial charge in [0.05, 0.1) is 16.9 Å². The number of hydrogen-bond acceptors (Lipinski definition) is 4. The van der Waals surface area contributed by atoms with Crippen molar-refractivity contribution in [3.05, 3.63) is 41.8 Å². The molecule has 0 unspecified atom stereocenters. The van der Waals surface area contributed by atoms with Crippen molar-refractivity contribution in [2.24, 2.45) is 0 Å². The predicted molar refractivity (Wildman–Crippen MR) is 72.0 cm³/mol. The summed E-state index contributed by atoms with van der Waals surface area (Å²) in [6.45, 7) is 2.78. The number of hydrogen-bond donors (Lipinski definition) is 0. The molecule has 0 atom stereocenters. The van der Waals surface area contributed by atoms with E-state index in [0.717, 1.165) is 29.0 Å². The molecule has 0 amide bonds. The zero-order chi connectivity index (χ0) is 13.2. The lowest BCUT2D eigenvalue weighted by atomic mass is 10.2. The number of rotatable bonds is 4. The van der Waals surface area contributed by atoms with Crippen LogP contribution in [0.2, 0.25) is 0 Å². The van der Waals surface area contributed by atoms with Gasteiger partial charge in [-0.15, -0.1) is 11.6 Å². The number of aryl methyl sites for hydroxylation is 3. The van der Waals surface area contributed by atoms with Crippen molar-refractivity contribution in [3.63, 3.8) is 0 Å². The van der Waals surface area contributed by atoms with E-state index in [1.807, 2.05) is 6.07 Å².